The largest absolute Gasteiger partial charge is 0.216 e. The molecule has 0 fully saturated rings. The van der Waals surface area contributed by atoms with Crippen LogP contribution in [0.2, 0.25) is 13.1 Å². The highest BCUT2D eigenvalue weighted by Crippen LogP contribution is 2.30. The first-order valence-electron chi connectivity index (χ1n) is 8.60. The Labute approximate surface area is 153 Å². The van der Waals surface area contributed by atoms with E-state index in [-0.39, 0.29) is 5.67 Å². The van der Waals surface area contributed by atoms with E-state index in [2.05, 4.69) is 29.9 Å². The lowest BCUT2D eigenvalue weighted by molar-refractivity contribution is 0.541. The second kappa shape index (κ2) is 7.06. The minimum Gasteiger partial charge on any atom is -0.212 e. The van der Waals surface area contributed by atoms with Crippen LogP contribution in [0.5, 0.6) is 0 Å². The van der Waals surface area contributed by atoms with Crippen molar-refractivity contribution >= 4 is 23.3 Å². The van der Waals surface area contributed by atoms with Crippen LogP contribution >= 0.6 is 0 Å². The SMILES string of the molecule is Cc1ccccc1C(NS(=O)(=O)C(C)(C)C)[Si](C)(C)c1ccccc1. The molecule has 0 aliphatic carbocycles. The lowest BCUT2D eigenvalue weighted by Gasteiger charge is -2.36. The molecule has 0 bridgehead atoms. The predicted molar refractivity (Wildman–Crippen MR) is 109 cm³/mol. The van der Waals surface area contributed by atoms with Crippen LogP contribution in [0.1, 0.15) is 37.6 Å². The molecule has 25 heavy (non-hydrogen) atoms. The zero-order chi connectivity index (χ0) is 18.9. The minimum atomic E-state index is -3.47. The molecule has 5 heteroatoms. The molecule has 0 aliphatic rings. The summed E-state index contributed by atoms with van der Waals surface area (Å²) in [4.78, 5) is 0. The average molecular weight is 376 g/mol. The van der Waals surface area contributed by atoms with Gasteiger partial charge in [-0.15, -0.1) is 0 Å². The first kappa shape index (κ1) is 19.9. The van der Waals surface area contributed by atoms with Crippen LogP contribution in [0.4, 0.5) is 0 Å². The number of aryl methyl sites for hydroxylation is 1. The first-order chi connectivity index (χ1) is 11.5. The van der Waals surface area contributed by atoms with Crippen molar-refractivity contribution in [3.63, 3.8) is 0 Å². The highest BCUT2D eigenvalue weighted by molar-refractivity contribution is 7.90. The number of sulfonamides is 1. The second-order valence-electron chi connectivity index (χ2n) is 8.11. The van der Waals surface area contributed by atoms with Gasteiger partial charge in [-0.25, -0.2) is 13.1 Å². The number of hydrogen-bond donors (Lipinski definition) is 1. The predicted octanol–water partition coefficient (Wildman–Crippen LogP) is 3.91. The number of rotatable bonds is 5. The highest BCUT2D eigenvalue weighted by atomic mass is 32.2. The summed E-state index contributed by atoms with van der Waals surface area (Å²) >= 11 is 0. The van der Waals surface area contributed by atoms with Gasteiger partial charge in [0.05, 0.1) is 4.75 Å². The molecule has 0 amide bonds. The molecular weight excluding hydrogens is 346 g/mol. The number of nitrogens with one attached hydrogen (secondary N) is 1. The van der Waals surface area contributed by atoms with Gasteiger partial charge in [-0.2, -0.15) is 0 Å². The van der Waals surface area contributed by atoms with Crippen LogP contribution in [0, 0.1) is 6.92 Å². The van der Waals surface area contributed by atoms with E-state index in [9.17, 15) is 8.42 Å². The molecule has 136 valence electrons. The quantitative estimate of drug-likeness (QED) is 0.806. The van der Waals surface area contributed by atoms with Crippen molar-refractivity contribution in [3.8, 4) is 0 Å². The molecule has 0 radical (unpaired) electrons. The summed E-state index contributed by atoms with van der Waals surface area (Å²) in [6.07, 6.45) is 0. The van der Waals surface area contributed by atoms with Crippen molar-refractivity contribution in [2.75, 3.05) is 0 Å². The molecule has 0 heterocycles. The average Bonchev–Trinajstić information content (AvgIpc) is 2.53. The molecule has 2 aromatic carbocycles. The molecule has 0 aromatic heterocycles. The molecule has 0 saturated heterocycles. The topological polar surface area (TPSA) is 46.2 Å². The van der Waals surface area contributed by atoms with E-state index >= 15 is 0 Å². The normalized spacial score (nSPS) is 14.3. The molecule has 2 rings (SSSR count). The summed E-state index contributed by atoms with van der Waals surface area (Å²) in [5.74, 6) is 0. The van der Waals surface area contributed by atoms with Gasteiger partial charge >= 0.3 is 0 Å². The van der Waals surface area contributed by atoms with Crippen molar-refractivity contribution in [2.24, 2.45) is 0 Å². The Morgan fingerprint density at radius 3 is 1.96 bits per heavy atom. The summed E-state index contributed by atoms with van der Waals surface area (Å²) in [6, 6.07) is 18.3. The van der Waals surface area contributed by atoms with E-state index in [0.717, 1.165) is 11.1 Å². The van der Waals surface area contributed by atoms with Gasteiger partial charge < -0.3 is 0 Å². The van der Waals surface area contributed by atoms with E-state index in [1.54, 1.807) is 20.8 Å². The smallest absolute Gasteiger partial charge is 0.212 e. The van der Waals surface area contributed by atoms with Gasteiger partial charge in [0.1, 0.15) is 8.07 Å². The zero-order valence-electron chi connectivity index (χ0n) is 16.0. The van der Waals surface area contributed by atoms with E-state index in [1.165, 1.54) is 5.19 Å². The minimum absolute atomic E-state index is 0.222. The summed E-state index contributed by atoms with van der Waals surface area (Å²) in [7, 11) is -5.63. The zero-order valence-corrected chi connectivity index (χ0v) is 17.8. The molecular formula is C20H29NO2SSi. The van der Waals surface area contributed by atoms with Gasteiger partial charge in [0.2, 0.25) is 10.0 Å². The van der Waals surface area contributed by atoms with E-state index in [0.29, 0.717) is 0 Å². The van der Waals surface area contributed by atoms with Gasteiger partial charge in [0.15, 0.2) is 0 Å². The van der Waals surface area contributed by atoms with Crippen molar-refractivity contribution in [2.45, 2.75) is 51.2 Å². The van der Waals surface area contributed by atoms with Crippen LogP contribution in [0.15, 0.2) is 54.6 Å². The molecule has 0 spiro atoms. The fraction of sp³-hybridized carbons (Fsp3) is 0.400. The van der Waals surface area contributed by atoms with Crippen molar-refractivity contribution in [1.29, 1.82) is 0 Å². The third kappa shape index (κ3) is 4.22. The molecule has 3 nitrogen and oxygen atoms in total. The van der Waals surface area contributed by atoms with E-state index < -0.39 is 22.8 Å². The lowest BCUT2D eigenvalue weighted by Crippen LogP contribution is -2.56. The summed E-state index contributed by atoms with van der Waals surface area (Å²) in [5, 5.41) is 1.24. The van der Waals surface area contributed by atoms with E-state index in [1.807, 2.05) is 49.4 Å². The Morgan fingerprint density at radius 1 is 0.920 bits per heavy atom. The fourth-order valence-corrected chi connectivity index (χ4v) is 7.80. The fourth-order valence-electron chi connectivity index (χ4n) is 2.88. The van der Waals surface area contributed by atoms with Crippen LogP contribution in [-0.2, 0) is 10.0 Å². The molecule has 0 saturated carbocycles. The third-order valence-electron chi connectivity index (χ3n) is 4.82. The Morgan fingerprint density at radius 2 is 1.44 bits per heavy atom. The van der Waals surface area contributed by atoms with Gasteiger partial charge in [-0.05, 0) is 38.8 Å². The van der Waals surface area contributed by atoms with Gasteiger partial charge in [0, 0.05) is 5.67 Å². The van der Waals surface area contributed by atoms with E-state index in [4.69, 9.17) is 0 Å². The highest BCUT2D eigenvalue weighted by Gasteiger charge is 2.41. The maximum Gasteiger partial charge on any atom is 0.216 e. The van der Waals surface area contributed by atoms with Gasteiger partial charge in [0.25, 0.3) is 0 Å². The van der Waals surface area contributed by atoms with Crippen LogP contribution in [-0.4, -0.2) is 21.2 Å². The Kier molecular flexibility index (Phi) is 5.61. The van der Waals surface area contributed by atoms with Crippen molar-refractivity contribution < 1.29 is 8.42 Å². The molecule has 0 aliphatic heterocycles. The van der Waals surface area contributed by atoms with Gasteiger partial charge in [-0.1, -0.05) is 72.9 Å². The van der Waals surface area contributed by atoms with Crippen LogP contribution in [0.3, 0.4) is 0 Å². The monoisotopic (exact) mass is 375 g/mol. The van der Waals surface area contributed by atoms with Crippen molar-refractivity contribution in [3.05, 3.63) is 65.7 Å². The maximum absolute atomic E-state index is 12.9. The Hall–Kier alpha value is -1.43. The summed E-state index contributed by atoms with van der Waals surface area (Å²) in [5.41, 5.74) is 1.96. The summed E-state index contributed by atoms with van der Waals surface area (Å²) in [6.45, 7) is 11.7. The molecule has 1 N–H and O–H groups in total. The molecule has 1 unspecified atom stereocenters. The summed E-state index contributed by atoms with van der Waals surface area (Å²) < 4.78 is 28.1. The number of benzene rings is 2. The maximum atomic E-state index is 12.9. The Balaban J connectivity index is 2.60. The van der Waals surface area contributed by atoms with Gasteiger partial charge in [-0.3, -0.25) is 0 Å². The number of hydrogen-bond acceptors (Lipinski definition) is 2. The second-order valence-corrected chi connectivity index (χ2v) is 15.2. The Bertz CT molecular complexity index is 824. The first-order valence-corrected chi connectivity index (χ1v) is 13.2. The molecule has 1 atom stereocenters. The molecule has 2 aromatic rings. The van der Waals surface area contributed by atoms with Crippen LogP contribution in [0.25, 0.3) is 0 Å². The van der Waals surface area contributed by atoms with Crippen LogP contribution < -0.4 is 9.91 Å². The third-order valence-corrected chi connectivity index (χ3v) is 10.9. The lowest BCUT2D eigenvalue weighted by atomic mass is 10.1. The standard InChI is InChI=1S/C20H29NO2SSi/c1-16-12-10-11-15-18(16)19(21-24(22,23)20(2,3)4)25(5,6)17-13-8-7-9-14-17/h7-15,19,21H,1-6H3. The van der Waals surface area contributed by atoms with Crippen molar-refractivity contribution in [1.82, 2.24) is 4.72 Å².